The number of para-hydroxylation sites is 1. The second-order valence-corrected chi connectivity index (χ2v) is 4.85. The maximum Gasteiger partial charge on any atom is 0.256 e. The van der Waals surface area contributed by atoms with Crippen LogP contribution < -0.4 is 5.32 Å². The number of carbonyl (C=O) groups excluding carboxylic acids is 1. The maximum absolute atomic E-state index is 12.5. The Morgan fingerprint density at radius 2 is 2.22 bits per heavy atom. The van der Waals surface area contributed by atoms with Gasteiger partial charge in [-0.25, -0.2) is 0 Å². The van der Waals surface area contributed by atoms with Crippen molar-refractivity contribution in [3.63, 3.8) is 0 Å². The molecule has 0 spiro atoms. The van der Waals surface area contributed by atoms with Crippen molar-refractivity contribution in [1.29, 1.82) is 0 Å². The van der Waals surface area contributed by atoms with Gasteiger partial charge in [0.1, 0.15) is 0 Å². The summed E-state index contributed by atoms with van der Waals surface area (Å²) in [5, 5.41) is 4.36. The first-order valence-corrected chi connectivity index (χ1v) is 6.34. The molecule has 1 atom stereocenters. The Labute approximate surface area is 106 Å². The summed E-state index contributed by atoms with van der Waals surface area (Å²) in [6.07, 6.45) is 1.82. The smallest absolute Gasteiger partial charge is 0.256 e. The van der Waals surface area contributed by atoms with Crippen molar-refractivity contribution in [2.24, 2.45) is 0 Å². The number of rotatable bonds is 1. The Balaban J connectivity index is 1.92. The van der Waals surface area contributed by atoms with Gasteiger partial charge in [-0.15, -0.1) is 0 Å². The minimum absolute atomic E-state index is 0.126. The number of carbonyl (C=O) groups is 1. The molecule has 1 aromatic heterocycles. The molecule has 0 unspecified atom stereocenters. The van der Waals surface area contributed by atoms with Gasteiger partial charge in [0.05, 0.1) is 5.56 Å². The van der Waals surface area contributed by atoms with Gasteiger partial charge in [0.25, 0.3) is 5.91 Å². The topological polar surface area (TPSA) is 48.1 Å². The molecule has 0 bridgehead atoms. The Bertz CT molecular complexity index is 575. The summed E-state index contributed by atoms with van der Waals surface area (Å²) in [7, 11) is 0. The zero-order valence-electron chi connectivity index (χ0n) is 10.4. The molecule has 0 saturated carbocycles. The van der Waals surface area contributed by atoms with Crippen LogP contribution in [0.25, 0.3) is 10.9 Å². The lowest BCUT2D eigenvalue weighted by molar-refractivity contribution is 0.0711. The largest absolute Gasteiger partial charge is 0.360 e. The fourth-order valence-corrected chi connectivity index (χ4v) is 2.54. The lowest BCUT2D eigenvalue weighted by Gasteiger charge is -2.31. The number of hydrogen-bond donors (Lipinski definition) is 2. The van der Waals surface area contributed by atoms with Crippen LogP contribution in [0, 0.1) is 0 Å². The molecule has 2 heterocycles. The first kappa shape index (κ1) is 11.3. The summed E-state index contributed by atoms with van der Waals surface area (Å²) in [6.45, 7) is 4.53. The molecule has 4 heteroatoms. The number of H-pyrrole nitrogens is 1. The number of fused-ring (bicyclic) bond motifs is 1. The number of piperazine rings is 1. The van der Waals surface area contributed by atoms with Crippen LogP contribution in [0.4, 0.5) is 0 Å². The zero-order valence-corrected chi connectivity index (χ0v) is 10.4. The molecule has 1 saturated heterocycles. The molecule has 1 aromatic carbocycles. The van der Waals surface area contributed by atoms with Crippen LogP contribution in [0.5, 0.6) is 0 Å². The van der Waals surface area contributed by atoms with Gasteiger partial charge < -0.3 is 15.2 Å². The lowest BCUT2D eigenvalue weighted by atomic mass is 10.1. The van der Waals surface area contributed by atoms with E-state index in [0.717, 1.165) is 36.1 Å². The van der Waals surface area contributed by atoms with Gasteiger partial charge in [0.2, 0.25) is 0 Å². The van der Waals surface area contributed by atoms with Gasteiger partial charge in [-0.1, -0.05) is 18.2 Å². The molecular formula is C14H17N3O. The predicted octanol–water partition coefficient (Wildman–Crippen LogP) is 1.60. The summed E-state index contributed by atoms with van der Waals surface area (Å²) >= 11 is 0. The summed E-state index contributed by atoms with van der Waals surface area (Å²) in [6, 6.07) is 8.29. The van der Waals surface area contributed by atoms with Crippen molar-refractivity contribution in [2.45, 2.75) is 13.0 Å². The quantitative estimate of drug-likeness (QED) is 0.799. The number of nitrogens with zero attached hydrogens (tertiary/aromatic N) is 1. The molecule has 94 valence electrons. The van der Waals surface area contributed by atoms with Gasteiger partial charge in [-0.05, 0) is 13.0 Å². The number of amides is 1. The van der Waals surface area contributed by atoms with Crippen molar-refractivity contribution >= 4 is 16.8 Å². The summed E-state index contributed by atoms with van der Waals surface area (Å²) < 4.78 is 0. The molecular weight excluding hydrogens is 226 g/mol. The van der Waals surface area contributed by atoms with Gasteiger partial charge in [-0.3, -0.25) is 4.79 Å². The van der Waals surface area contributed by atoms with Gasteiger partial charge >= 0.3 is 0 Å². The molecule has 3 rings (SSSR count). The second kappa shape index (κ2) is 4.46. The van der Waals surface area contributed by atoms with E-state index in [9.17, 15) is 4.79 Å². The molecule has 1 fully saturated rings. The molecule has 18 heavy (non-hydrogen) atoms. The van der Waals surface area contributed by atoms with E-state index in [4.69, 9.17) is 0 Å². The van der Waals surface area contributed by atoms with Crippen LogP contribution in [-0.4, -0.2) is 41.5 Å². The Hall–Kier alpha value is -1.81. The fourth-order valence-electron chi connectivity index (χ4n) is 2.54. The van der Waals surface area contributed by atoms with E-state index in [-0.39, 0.29) is 5.91 Å². The minimum atomic E-state index is 0.126. The first-order valence-electron chi connectivity index (χ1n) is 6.34. The van der Waals surface area contributed by atoms with Crippen LogP contribution in [0.15, 0.2) is 30.5 Å². The van der Waals surface area contributed by atoms with Crippen LogP contribution in [0.3, 0.4) is 0 Å². The molecule has 1 aliphatic rings. The second-order valence-electron chi connectivity index (χ2n) is 4.85. The van der Waals surface area contributed by atoms with Crippen molar-refractivity contribution in [1.82, 2.24) is 15.2 Å². The zero-order chi connectivity index (χ0) is 12.5. The minimum Gasteiger partial charge on any atom is -0.360 e. The van der Waals surface area contributed by atoms with Gasteiger partial charge in [-0.2, -0.15) is 0 Å². The third-order valence-electron chi connectivity index (χ3n) is 3.48. The van der Waals surface area contributed by atoms with E-state index < -0.39 is 0 Å². The monoisotopic (exact) mass is 243 g/mol. The number of nitrogens with one attached hydrogen (secondary N) is 2. The van der Waals surface area contributed by atoms with E-state index in [0.29, 0.717) is 6.04 Å². The Morgan fingerprint density at radius 3 is 3.06 bits per heavy atom. The number of aromatic amines is 1. The standard InChI is InChI=1S/C14H17N3O/c1-10-9-17(7-6-15-10)14(18)12-8-16-13-5-3-2-4-11(12)13/h2-5,8,10,15-16H,6-7,9H2,1H3/t10-/m1/s1. The highest BCUT2D eigenvalue weighted by molar-refractivity contribution is 6.06. The third-order valence-corrected chi connectivity index (χ3v) is 3.48. The van der Waals surface area contributed by atoms with Crippen molar-refractivity contribution < 1.29 is 4.79 Å². The normalized spacial score (nSPS) is 20.3. The van der Waals surface area contributed by atoms with E-state index in [1.54, 1.807) is 0 Å². The van der Waals surface area contributed by atoms with E-state index >= 15 is 0 Å². The van der Waals surface area contributed by atoms with Gasteiger partial charge in [0, 0.05) is 42.8 Å². The van der Waals surface area contributed by atoms with Crippen molar-refractivity contribution in [2.75, 3.05) is 19.6 Å². The predicted molar refractivity (Wildman–Crippen MR) is 71.7 cm³/mol. The molecule has 0 aliphatic carbocycles. The molecule has 4 nitrogen and oxygen atoms in total. The van der Waals surface area contributed by atoms with Crippen molar-refractivity contribution in [3.05, 3.63) is 36.0 Å². The highest BCUT2D eigenvalue weighted by Crippen LogP contribution is 2.19. The molecule has 1 amide bonds. The SMILES string of the molecule is C[C@@H]1CN(C(=O)c2c[nH]c3ccccc23)CCN1. The molecule has 0 radical (unpaired) electrons. The van der Waals surface area contributed by atoms with Crippen LogP contribution in [0.1, 0.15) is 17.3 Å². The Morgan fingerprint density at radius 1 is 1.39 bits per heavy atom. The van der Waals surface area contributed by atoms with Gasteiger partial charge in [0.15, 0.2) is 0 Å². The summed E-state index contributed by atoms with van der Waals surface area (Å²) in [4.78, 5) is 17.6. The highest BCUT2D eigenvalue weighted by Gasteiger charge is 2.23. The molecule has 2 N–H and O–H groups in total. The molecule has 2 aromatic rings. The Kier molecular flexibility index (Phi) is 2.80. The number of hydrogen-bond acceptors (Lipinski definition) is 2. The van der Waals surface area contributed by atoms with Crippen LogP contribution in [0.2, 0.25) is 0 Å². The van der Waals surface area contributed by atoms with Crippen LogP contribution >= 0.6 is 0 Å². The summed E-state index contributed by atoms with van der Waals surface area (Å²) in [5.41, 5.74) is 1.80. The molecule has 1 aliphatic heterocycles. The van der Waals surface area contributed by atoms with Crippen LogP contribution in [-0.2, 0) is 0 Å². The fraction of sp³-hybridized carbons (Fsp3) is 0.357. The lowest BCUT2D eigenvalue weighted by Crippen LogP contribution is -2.51. The van der Waals surface area contributed by atoms with E-state index in [2.05, 4.69) is 17.2 Å². The number of aromatic nitrogens is 1. The van der Waals surface area contributed by atoms with E-state index in [1.807, 2.05) is 35.4 Å². The van der Waals surface area contributed by atoms with Crippen molar-refractivity contribution in [3.8, 4) is 0 Å². The average Bonchev–Trinajstić information content (AvgIpc) is 2.82. The maximum atomic E-state index is 12.5. The average molecular weight is 243 g/mol. The van der Waals surface area contributed by atoms with E-state index in [1.165, 1.54) is 0 Å². The summed E-state index contributed by atoms with van der Waals surface area (Å²) in [5.74, 6) is 0.126. The first-order chi connectivity index (χ1) is 8.75. The highest BCUT2D eigenvalue weighted by atomic mass is 16.2. The third kappa shape index (κ3) is 1.88. The number of benzene rings is 1.